The Balaban J connectivity index is 2.31. The molecule has 15 heavy (non-hydrogen) atoms. The summed E-state index contributed by atoms with van der Waals surface area (Å²) in [5, 5.41) is 3.42. The molecular weight excluding hydrogens is 254 g/mol. The predicted octanol–water partition coefficient (Wildman–Crippen LogP) is 3.67. The Bertz CT molecular complexity index is 378. The molecule has 0 aliphatic carbocycles. The fourth-order valence-corrected chi connectivity index (χ4v) is 1.97. The largest absolute Gasteiger partial charge is 0.483 e. The average molecular weight is 270 g/mol. The average Bonchev–Trinajstić information content (AvgIpc) is 2.18. The molecule has 0 spiro atoms. The van der Waals surface area contributed by atoms with Crippen LogP contribution in [-0.2, 0) is 0 Å². The second kappa shape index (κ2) is 3.71. The molecule has 1 unspecified atom stereocenters. The van der Waals surface area contributed by atoms with Crippen molar-refractivity contribution in [2.75, 3.05) is 11.9 Å². The molecule has 2 nitrogen and oxygen atoms in total. The Hall–Kier alpha value is -0.700. The van der Waals surface area contributed by atoms with Gasteiger partial charge in [0.15, 0.2) is 0 Å². The Morgan fingerprint density at radius 1 is 1.47 bits per heavy atom. The first kappa shape index (κ1) is 10.8. The molecule has 0 aromatic heterocycles. The van der Waals surface area contributed by atoms with Crippen LogP contribution in [0, 0.1) is 5.92 Å². The molecule has 2 rings (SSSR count). The monoisotopic (exact) mass is 269 g/mol. The van der Waals surface area contributed by atoms with E-state index in [1.165, 1.54) is 0 Å². The van der Waals surface area contributed by atoms with Gasteiger partial charge in [-0.15, -0.1) is 0 Å². The zero-order valence-corrected chi connectivity index (χ0v) is 10.9. The summed E-state index contributed by atoms with van der Waals surface area (Å²) in [6, 6.07) is 6.06. The molecule has 1 aromatic carbocycles. The molecule has 1 heterocycles. The van der Waals surface area contributed by atoms with Crippen LogP contribution in [0.25, 0.3) is 0 Å². The van der Waals surface area contributed by atoms with Gasteiger partial charge in [-0.2, -0.15) is 0 Å². The van der Waals surface area contributed by atoms with Crippen LogP contribution in [0.3, 0.4) is 0 Å². The van der Waals surface area contributed by atoms with Crippen LogP contribution < -0.4 is 10.1 Å². The minimum Gasteiger partial charge on any atom is -0.483 e. The van der Waals surface area contributed by atoms with Crippen molar-refractivity contribution in [3.05, 3.63) is 22.7 Å². The van der Waals surface area contributed by atoms with Gasteiger partial charge < -0.3 is 10.1 Å². The van der Waals surface area contributed by atoms with Crippen molar-refractivity contribution in [3.8, 4) is 5.75 Å². The van der Waals surface area contributed by atoms with Gasteiger partial charge in [0.25, 0.3) is 0 Å². The number of benzene rings is 1. The summed E-state index contributed by atoms with van der Waals surface area (Å²) in [5.41, 5.74) is 0.961. The van der Waals surface area contributed by atoms with Gasteiger partial charge in [-0.25, -0.2) is 0 Å². The predicted molar refractivity (Wildman–Crippen MR) is 66.5 cm³/mol. The zero-order chi connectivity index (χ0) is 11.1. The van der Waals surface area contributed by atoms with Crippen LogP contribution in [0.4, 0.5) is 5.69 Å². The first-order valence-corrected chi connectivity index (χ1v) is 6.03. The Labute approximate surface area is 99.1 Å². The summed E-state index contributed by atoms with van der Waals surface area (Å²) in [5.74, 6) is 1.43. The molecular formula is C12H16BrNO. The first-order valence-electron chi connectivity index (χ1n) is 5.24. The maximum Gasteiger partial charge on any atom is 0.143 e. The van der Waals surface area contributed by atoms with Gasteiger partial charge in [-0.05, 0) is 31.0 Å². The number of halogens is 1. The summed E-state index contributed by atoms with van der Waals surface area (Å²) >= 11 is 3.45. The molecule has 1 aliphatic heterocycles. The molecule has 3 heteroatoms. The Morgan fingerprint density at radius 3 is 2.87 bits per heavy atom. The molecule has 0 radical (unpaired) electrons. The lowest BCUT2D eigenvalue weighted by Crippen LogP contribution is -2.47. The molecule has 1 atom stereocenters. The Morgan fingerprint density at radius 2 is 2.20 bits per heavy atom. The number of fused-ring (bicyclic) bond motifs is 1. The van der Waals surface area contributed by atoms with Gasteiger partial charge in [-0.1, -0.05) is 29.8 Å². The minimum absolute atomic E-state index is 0.110. The SMILES string of the molecule is CC(C)C1(C)CNc2cc(Br)ccc2O1. The molecule has 0 fully saturated rings. The highest BCUT2D eigenvalue weighted by molar-refractivity contribution is 9.10. The van der Waals surface area contributed by atoms with E-state index in [1.54, 1.807) is 0 Å². The lowest BCUT2D eigenvalue weighted by molar-refractivity contribution is 0.0475. The third-order valence-corrected chi connectivity index (χ3v) is 3.63. The zero-order valence-electron chi connectivity index (χ0n) is 9.30. The number of nitrogens with one attached hydrogen (secondary N) is 1. The van der Waals surface area contributed by atoms with Crippen molar-refractivity contribution in [1.82, 2.24) is 0 Å². The van der Waals surface area contributed by atoms with Crippen molar-refractivity contribution >= 4 is 21.6 Å². The summed E-state index contributed by atoms with van der Waals surface area (Å²) in [7, 11) is 0. The van der Waals surface area contributed by atoms with Crippen molar-refractivity contribution in [1.29, 1.82) is 0 Å². The van der Waals surface area contributed by atoms with Gasteiger partial charge in [-0.3, -0.25) is 0 Å². The highest BCUT2D eigenvalue weighted by Crippen LogP contribution is 2.37. The fraction of sp³-hybridized carbons (Fsp3) is 0.500. The van der Waals surface area contributed by atoms with E-state index in [-0.39, 0.29) is 5.60 Å². The topological polar surface area (TPSA) is 21.3 Å². The molecule has 1 aliphatic rings. The number of rotatable bonds is 1. The third kappa shape index (κ3) is 1.98. The van der Waals surface area contributed by atoms with E-state index in [2.05, 4.69) is 48.1 Å². The van der Waals surface area contributed by atoms with Gasteiger partial charge in [0.2, 0.25) is 0 Å². The van der Waals surface area contributed by atoms with E-state index in [0.717, 1.165) is 22.5 Å². The van der Waals surface area contributed by atoms with E-state index in [1.807, 2.05) is 12.1 Å². The minimum atomic E-state index is -0.110. The van der Waals surface area contributed by atoms with Crippen LogP contribution in [0.5, 0.6) is 5.75 Å². The van der Waals surface area contributed by atoms with Crippen molar-refractivity contribution < 1.29 is 4.74 Å². The lowest BCUT2D eigenvalue weighted by atomic mass is 9.91. The smallest absolute Gasteiger partial charge is 0.143 e. The number of ether oxygens (including phenoxy) is 1. The van der Waals surface area contributed by atoms with E-state index in [9.17, 15) is 0 Å². The number of hydrogen-bond donors (Lipinski definition) is 1. The molecule has 1 N–H and O–H groups in total. The van der Waals surface area contributed by atoms with Gasteiger partial charge >= 0.3 is 0 Å². The standard InChI is InChI=1S/C12H16BrNO/c1-8(2)12(3)7-14-10-6-9(13)4-5-11(10)15-12/h4-6,8,14H,7H2,1-3H3. The van der Waals surface area contributed by atoms with Crippen molar-refractivity contribution in [3.63, 3.8) is 0 Å². The van der Waals surface area contributed by atoms with E-state index >= 15 is 0 Å². The van der Waals surface area contributed by atoms with Crippen molar-refractivity contribution in [2.24, 2.45) is 5.92 Å². The second-order valence-electron chi connectivity index (χ2n) is 4.56. The maximum absolute atomic E-state index is 6.05. The number of hydrogen-bond acceptors (Lipinski definition) is 2. The first-order chi connectivity index (χ1) is 7.01. The van der Waals surface area contributed by atoms with E-state index in [0.29, 0.717) is 5.92 Å². The van der Waals surface area contributed by atoms with E-state index in [4.69, 9.17) is 4.74 Å². The van der Waals surface area contributed by atoms with Crippen LogP contribution in [0.2, 0.25) is 0 Å². The van der Waals surface area contributed by atoms with Crippen LogP contribution in [-0.4, -0.2) is 12.1 Å². The second-order valence-corrected chi connectivity index (χ2v) is 5.48. The quantitative estimate of drug-likeness (QED) is 0.840. The molecule has 0 bridgehead atoms. The van der Waals surface area contributed by atoms with E-state index < -0.39 is 0 Å². The van der Waals surface area contributed by atoms with Crippen molar-refractivity contribution in [2.45, 2.75) is 26.4 Å². The molecule has 0 saturated heterocycles. The van der Waals surface area contributed by atoms with Gasteiger partial charge in [0.05, 0.1) is 12.2 Å². The lowest BCUT2D eigenvalue weighted by Gasteiger charge is -2.39. The highest BCUT2D eigenvalue weighted by Gasteiger charge is 2.34. The normalized spacial score (nSPS) is 24.3. The summed E-state index contributed by atoms with van der Waals surface area (Å²) in [6.45, 7) is 7.38. The maximum atomic E-state index is 6.05. The van der Waals surface area contributed by atoms with Crippen LogP contribution in [0.15, 0.2) is 22.7 Å². The summed E-state index contributed by atoms with van der Waals surface area (Å²) in [4.78, 5) is 0. The van der Waals surface area contributed by atoms with Crippen LogP contribution in [0.1, 0.15) is 20.8 Å². The highest BCUT2D eigenvalue weighted by atomic mass is 79.9. The van der Waals surface area contributed by atoms with Crippen LogP contribution >= 0.6 is 15.9 Å². The molecule has 0 saturated carbocycles. The molecule has 0 amide bonds. The summed E-state index contributed by atoms with van der Waals surface area (Å²) in [6.07, 6.45) is 0. The fourth-order valence-electron chi connectivity index (χ4n) is 1.61. The van der Waals surface area contributed by atoms with Gasteiger partial charge in [0.1, 0.15) is 11.4 Å². The number of anilines is 1. The molecule has 82 valence electrons. The van der Waals surface area contributed by atoms with Gasteiger partial charge in [0, 0.05) is 4.47 Å². The third-order valence-electron chi connectivity index (χ3n) is 3.14. The Kier molecular flexibility index (Phi) is 2.67. The molecule has 1 aromatic rings. The summed E-state index contributed by atoms with van der Waals surface area (Å²) < 4.78 is 7.13.